The monoisotopic (exact) mass is 270 g/mol. The molecule has 0 saturated heterocycles. The van der Waals surface area contributed by atoms with Crippen molar-refractivity contribution in [2.24, 2.45) is 0 Å². The maximum Gasteiger partial charge on any atom is 0.0726 e. The Kier molecular flexibility index (Phi) is 3.85. The number of hydrogen-bond donors (Lipinski definition) is 2. The van der Waals surface area contributed by atoms with Crippen LogP contribution in [0.5, 0.6) is 0 Å². The Morgan fingerprint density at radius 1 is 1.30 bits per heavy atom. The first kappa shape index (κ1) is 13.3. The van der Waals surface area contributed by atoms with Gasteiger partial charge in [-0.2, -0.15) is 0 Å². The van der Waals surface area contributed by atoms with E-state index in [1.54, 1.807) is 0 Å². The second-order valence-electron chi connectivity index (χ2n) is 5.59. The topological polar surface area (TPSA) is 40.2 Å². The molecule has 0 spiro atoms. The molecule has 0 radical (unpaired) electrons. The highest BCUT2D eigenvalue weighted by Crippen LogP contribution is 2.30. The van der Waals surface area contributed by atoms with Crippen LogP contribution in [0.2, 0.25) is 0 Å². The van der Waals surface area contributed by atoms with Gasteiger partial charge in [0.25, 0.3) is 0 Å². The number of nitrogens with zero attached hydrogens (tertiary/aromatic N) is 2. The SMILES string of the molecule is CN(C)CCNc1c2c(nc3ccccc13)CCNC2. The fraction of sp³-hybridized carbons (Fsp3) is 0.438. The largest absolute Gasteiger partial charge is 0.383 e. The highest BCUT2D eigenvalue weighted by molar-refractivity contribution is 5.93. The minimum atomic E-state index is 0.914. The lowest BCUT2D eigenvalue weighted by Crippen LogP contribution is -2.27. The van der Waals surface area contributed by atoms with E-state index in [2.05, 4.69) is 53.9 Å². The van der Waals surface area contributed by atoms with Gasteiger partial charge in [0.1, 0.15) is 0 Å². The number of likely N-dealkylation sites (N-methyl/N-ethyl adjacent to an activating group) is 1. The van der Waals surface area contributed by atoms with Crippen LogP contribution in [0.1, 0.15) is 11.3 Å². The molecule has 0 unspecified atom stereocenters. The molecule has 2 N–H and O–H groups in total. The van der Waals surface area contributed by atoms with Gasteiger partial charge in [0.2, 0.25) is 0 Å². The van der Waals surface area contributed by atoms with Crippen molar-refractivity contribution in [2.45, 2.75) is 13.0 Å². The molecule has 0 amide bonds. The minimum Gasteiger partial charge on any atom is -0.383 e. The van der Waals surface area contributed by atoms with Gasteiger partial charge in [0, 0.05) is 54.9 Å². The number of hydrogen-bond acceptors (Lipinski definition) is 4. The van der Waals surface area contributed by atoms with E-state index in [1.165, 1.54) is 22.3 Å². The summed E-state index contributed by atoms with van der Waals surface area (Å²) >= 11 is 0. The average Bonchev–Trinajstić information content (AvgIpc) is 2.46. The molecule has 1 aromatic carbocycles. The number of pyridine rings is 1. The van der Waals surface area contributed by atoms with E-state index in [0.29, 0.717) is 0 Å². The van der Waals surface area contributed by atoms with E-state index < -0.39 is 0 Å². The van der Waals surface area contributed by atoms with Gasteiger partial charge < -0.3 is 15.5 Å². The first-order valence-electron chi connectivity index (χ1n) is 7.25. The van der Waals surface area contributed by atoms with Crippen molar-refractivity contribution in [3.63, 3.8) is 0 Å². The molecular weight excluding hydrogens is 248 g/mol. The maximum atomic E-state index is 4.83. The number of aromatic nitrogens is 1. The summed E-state index contributed by atoms with van der Waals surface area (Å²) in [6.45, 7) is 3.92. The molecule has 1 aliphatic heterocycles. The fourth-order valence-corrected chi connectivity index (χ4v) is 2.73. The van der Waals surface area contributed by atoms with E-state index >= 15 is 0 Å². The number of para-hydroxylation sites is 1. The van der Waals surface area contributed by atoms with Crippen LogP contribution in [0.15, 0.2) is 24.3 Å². The van der Waals surface area contributed by atoms with Crippen molar-refractivity contribution in [3.05, 3.63) is 35.5 Å². The van der Waals surface area contributed by atoms with Crippen molar-refractivity contribution < 1.29 is 0 Å². The van der Waals surface area contributed by atoms with E-state index in [9.17, 15) is 0 Å². The maximum absolute atomic E-state index is 4.83. The first-order chi connectivity index (χ1) is 9.75. The number of benzene rings is 1. The third kappa shape index (κ3) is 2.62. The molecule has 20 heavy (non-hydrogen) atoms. The number of anilines is 1. The van der Waals surface area contributed by atoms with Gasteiger partial charge in [-0.15, -0.1) is 0 Å². The summed E-state index contributed by atoms with van der Waals surface area (Å²) in [4.78, 5) is 7.02. The predicted molar refractivity (Wildman–Crippen MR) is 84.2 cm³/mol. The van der Waals surface area contributed by atoms with E-state index in [0.717, 1.165) is 38.1 Å². The molecule has 4 nitrogen and oxygen atoms in total. The summed E-state index contributed by atoms with van der Waals surface area (Å²) in [5, 5.41) is 8.31. The van der Waals surface area contributed by atoms with Crippen LogP contribution < -0.4 is 10.6 Å². The Morgan fingerprint density at radius 2 is 2.15 bits per heavy atom. The number of fused-ring (bicyclic) bond motifs is 2. The minimum absolute atomic E-state index is 0.914. The molecule has 0 saturated carbocycles. The lowest BCUT2D eigenvalue weighted by atomic mass is 10.0. The summed E-state index contributed by atoms with van der Waals surface area (Å²) < 4.78 is 0. The predicted octanol–water partition coefficient (Wildman–Crippen LogP) is 1.85. The van der Waals surface area contributed by atoms with Gasteiger partial charge in [-0.25, -0.2) is 0 Å². The smallest absolute Gasteiger partial charge is 0.0726 e. The molecule has 1 aromatic heterocycles. The second-order valence-corrected chi connectivity index (χ2v) is 5.59. The molecular formula is C16H22N4. The molecule has 4 heteroatoms. The van der Waals surface area contributed by atoms with Crippen LogP contribution in [-0.4, -0.2) is 43.6 Å². The van der Waals surface area contributed by atoms with Crippen LogP contribution in [-0.2, 0) is 13.0 Å². The van der Waals surface area contributed by atoms with Crippen molar-refractivity contribution in [2.75, 3.05) is 39.0 Å². The normalized spacial score (nSPS) is 14.6. The Hall–Kier alpha value is -1.65. The summed E-state index contributed by atoms with van der Waals surface area (Å²) in [5.74, 6) is 0. The zero-order valence-electron chi connectivity index (χ0n) is 12.2. The Morgan fingerprint density at radius 3 is 3.00 bits per heavy atom. The summed E-state index contributed by atoms with van der Waals surface area (Å²) in [7, 11) is 4.20. The van der Waals surface area contributed by atoms with Gasteiger partial charge in [-0.1, -0.05) is 18.2 Å². The zero-order chi connectivity index (χ0) is 13.9. The lowest BCUT2D eigenvalue weighted by molar-refractivity contribution is 0.425. The van der Waals surface area contributed by atoms with E-state index in [-0.39, 0.29) is 0 Å². The van der Waals surface area contributed by atoms with Gasteiger partial charge in [-0.3, -0.25) is 4.98 Å². The van der Waals surface area contributed by atoms with Crippen LogP contribution in [0, 0.1) is 0 Å². The quantitative estimate of drug-likeness (QED) is 0.889. The third-order valence-electron chi connectivity index (χ3n) is 3.78. The average molecular weight is 270 g/mol. The molecule has 2 aromatic rings. The number of rotatable bonds is 4. The van der Waals surface area contributed by atoms with Crippen LogP contribution in [0.4, 0.5) is 5.69 Å². The van der Waals surface area contributed by atoms with Gasteiger partial charge in [0.05, 0.1) is 5.52 Å². The summed E-state index contributed by atoms with van der Waals surface area (Å²) in [6.07, 6.45) is 1.02. The second kappa shape index (κ2) is 5.77. The van der Waals surface area contributed by atoms with Crippen LogP contribution in [0.25, 0.3) is 10.9 Å². The molecule has 0 bridgehead atoms. The van der Waals surface area contributed by atoms with Crippen molar-refractivity contribution in [3.8, 4) is 0 Å². The Bertz CT molecular complexity index is 607. The summed E-state index contributed by atoms with van der Waals surface area (Å²) in [6, 6.07) is 8.42. The van der Waals surface area contributed by atoms with E-state index in [1.807, 2.05) is 0 Å². The Labute approximate surface area is 120 Å². The summed E-state index contributed by atoms with van der Waals surface area (Å²) in [5.41, 5.74) is 4.95. The first-order valence-corrected chi connectivity index (χ1v) is 7.25. The van der Waals surface area contributed by atoms with Gasteiger partial charge >= 0.3 is 0 Å². The van der Waals surface area contributed by atoms with Crippen molar-refractivity contribution in [1.29, 1.82) is 0 Å². The van der Waals surface area contributed by atoms with Crippen LogP contribution >= 0.6 is 0 Å². The standard InChI is InChI=1S/C16H22N4/c1-20(2)10-9-18-16-12-5-3-4-6-14(12)19-15-7-8-17-11-13(15)16/h3-6,17H,7-11H2,1-2H3,(H,18,19). The zero-order valence-corrected chi connectivity index (χ0v) is 12.2. The van der Waals surface area contributed by atoms with Crippen molar-refractivity contribution in [1.82, 2.24) is 15.2 Å². The molecule has 0 atom stereocenters. The lowest BCUT2D eigenvalue weighted by Gasteiger charge is -2.23. The molecule has 2 heterocycles. The van der Waals surface area contributed by atoms with Gasteiger partial charge in [0.15, 0.2) is 0 Å². The molecule has 0 aliphatic carbocycles. The van der Waals surface area contributed by atoms with Crippen LogP contribution in [0.3, 0.4) is 0 Å². The molecule has 1 aliphatic rings. The van der Waals surface area contributed by atoms with E-state index in [4.69, 9.17) is 4.98 Å². The molecule has 3 rings (SSSR count). The highest BCUT2D eigenvalue weighted by Gasteiger charge is 2.17. The molecule has 106 valence electrons. The molecule has 0 fully saturated rings. The van der Waals surface area contributed by atoms with Gasteiger partial charge in [-0.05, 0) is 20.2 Å². The van der Waals surface area contributed by atoms with Crippen molar-refractivity contribution >= 4 is 16.6 Å². The third-order valence-corrected chi connectivity index (χ3v) is 3.78. The number of nitrogens with one attached hydrogen (secondary N) is 2. The Balaban J connectivity index is 2.01. The fourth-order valence-electron chi connectivity index (χ4n) is 2.73. The highest BCUT2D eigenvalue weighted by atomic mass is 15.1.